The number of rotatable bonds is 3. The zero-order valence-corrected chi connectivity index (χ0v) is 12.1. The second kappa shape index (κ2) is 6.72. The van der Waals surface area contributed by atoms with Gasteiger partial charge in [-0.15, -0.1) is 11.8 Å². The molecule has 0 N–H and O–H groups in total. The first-order valence-corrected chi connectivity index (χ1v) is 7.20. The van der Waals surface area contributed by atoms with E-state index in [0.29, 0.717) is 25.1 Å². The maximum atomic E-state index is 12.7. The number of hydrogen-bond donors (Lipinski definition) is 0. The fourth-order valence-electron chi connectivity index (χ4n) is 1.57. The molecule has 0 saturated heterocycles. The Hall–Kier alpha value is -1.18. The summed E-state index contributed by atoms with van der Waals surface area (Å²) in [6.45, 7) is 2.16. The van der Waals surface area contributed by atoms with Gasteiger partial charge >= 0.3 is 12.4 Å². The first-order valence-electron chi connectivity index (χ1n) is 5.98. The minimum atomic E-state index is -4.84. The molecule has 0 spiro atoms. The van der Waals surface area contributed by atoms with Crippen molar-refractivity contribution in [1.82, 2.24) is 0 Å². The van der Waals surface area contributed by atoms with Crippen LogP contribution in [0.15, 0.2) is 23.2 Å². The van der Waals surface area contributed by atoms with Crippen molar-refractivity contribution in [3.05, 3.63) is 34.9 Å². The molecule has 1 aromatic rings. The summed E-state index contributed by atoms with van der Waals surface area (Å²) in [7, 11) is 0. The third-order valence-corrected chi connectivity index (χ3v) is 3.26. The van der Waals surface area contributed by atoms with Crippen LogP contribution in [0.4, 0.5) is 26.3 Å². The molecule has 0 bridgehead atoms. The smallest absolute Gasteiger partial charge is 0.278 e. The Labute approximate surface area is 122 Å². The molecule has 0 heterocycles. The van der Waals surface area contributed by atoms with Crippen LogP contribution in [0.1, 0.15) is 30.0 Å². The summed E-state index contributed by atoms with van der Waals surface area (Å²) in [4.78, 5) is 4.02. The van der Waals surface area contributed by atoms with Gasteiger partial charge in [0, 0.05) is 12.1 Å². The fraction of sp³-hybridized carbons (Fsp3) is 0.462. The molecule has 118 valence electrons. The number of hydrogen-bond acceptors (Lipinski definition) is 2. The van der Waals surface area contributed by atoms with Gasteiger partial charge in [-0.1, -0.05) is 6.92 Å². The van der Waals surface area contributed by atoms with E-state index in [1.54, 1.807) is 6.26 Å². The molecule has 0 aromatic heterocycles. The van der Waals surface area contributed by atoms with E-state index in [4.69, 9.17) is 0 Å². The van der Waals surface area contributed by atoms with Crippen LogP contribution >= 0.6 is 11.8 Å². The predicted octanol–water partition coefficient (Wildman–Crippen LogP) is 5.24. The van der Waals surface area contributed by atoms with Crippen LogP contribution < -0.4 is 0 Å². The monoisotopic (exact) mass is 329 g/mol. The predicted molar refractivity (Wildman–Crippen MR) is 71.7 cm³/mol. The summed E-state index contributed by atoms with van der Waals surface area (Å²) >= 11 is 1.02. The van der Waals surface area contributed by atoms with Gasteiger partial charge in [-0.05, 0) is 30.9 Å². The number of halogens is 6. The molecule has 1 nitrogen and oxygen atoms in total. The van der Waals surface area contributed by atoms with Gasteiger partial charge < -0.3 is 0 Å². The van der Waals surface area contributed by atoms with Crippen LogP contribution in [0.5, 0.6) is 0 Å². The molecule has 0 atom stereocenters. The van der Waals surface area contributed by atoms with Gasteiger partial charge in [0.25, 0.3) is 0 Å². The average Bonchev–Trinajstić information content (AvgIpc) is 2.37. The zero-order valence-electron chi connectivity index (χ0n) is 11.3. The van der Waals surface area contributed by atoms with Crippen molar-refractivity contribution in [2.24, 2.45) is 4.99 Å². The third kappa shape index (κ3) is 4.94. The molecular weight excluding hydrogens is 316 g/mol. The molecule has 0 aliphatic heterocycles. The SMILES string of the molecule is CCCN=C(SC)c1cc(C(F)(F)F)cc(C(F)(F)F)c1. The summed E-state index contributed by atoms with van der Waals surface area (Å²) in [5, 5.41) is 0.161. The lowest BCUT2D eigenvalue weighted by molar-refractivity contribution is -0.143. The highest BCUT2D eigenvalue weighted by molar-refractivity contribution is 8.13. The lowest BCUT2D eigenvalue weighted by Crippen LogP contribution is -2.13. The van der Waals surface area contributed by atoms with Crippen molar-refractivity contribution in [2.75, 3.05) is 12.8 Å². The summed E-state index contributed by atoms with van der Waals surface area (Å²) in [5.41, 5.74) is -2.82. The van der Waals surface area contributed by atoms with Crippen LogP contribution in [0.25, 0.3) is 0 Å². The van der Waals surface area contributed by atoms with E-state index in [1.807, 2.05) is 6.92 Å². The van der Waals surface area contributed by atoms with Crippen molar-refractivity contribution < 1.29 is 26.3 Å². The maximum absolute atomic E-state index is 12.7. The normalized spacial score (nSPS) is 13.6. The average molecular weight is 329 g/mol. The van der Waals surface area contributed by atoms with Gasteiger partial charge in [-0.2, -0.15) is 26.3 Å². The molecule has 0 radical (unpaired) electrons. The highest BCUT2D eigenvalue weighted by Gasteiger charge is 2.37. The Balaban J connectivity index is 3.44. The number of aliphatic imine (C=N–C) groups is 1. The lowest BCUT2D eigenvalue weighted by atomic mass is 10.1. The van der Waals surface area contributed by atoms with Crippen LogP contribution in [0.2, 0.25) is 0 Å². The van der Waals surface area contributed by atoms with Crippen molar-refractivity contribution in [2.45, 2.75) is 25.7 Å². The fourth-order valence-corrected chi connectivity index (χ4v) is 2.14. The van der Waals surface area contributed by atoms with Gasteiger partial charge in [0.1, 0.15) is 0 Å². The van der Waals surface area contributed by atoms with Crippen molar-refractivity contribution in [3.63, 3.8) is 0 Å². The van der Waals surface area contributed by atoms with Gasteiger partial charge in [0.05, 0.1) is 16.2 Å². The molecule has 0 fully saturated rings. The standard InChI is InChI=1S/C13H13F6NS/c1-3-4-20-11(21-2)8-5-9(12(14,15)16)7-10(6-8)13(17,18)19/h5-7H,3-4H2,1-2H3. The van der Waals surface area contributed by atoms with E-state index in [0.717, 1.165) is 11.8 Å². The van der Waals surface area contributed by atoms with Gasteiger partial charge in [0.2, 0.25) is 0 Å². The minimum Gasteiger partial charge on any atom is -0.278 e. The van der Waals surface area contributed by atoms with E-state index >= 15 is 0 Å². The van der Waals surface area contributed by atoms with E-state index in [2.05, 4.69) is 4.99 Å². The summed E-state index contributed by atoms with van der Waals surface area (Å²) in [6.07, 6.45) is -7.48. The van der Waals surface area contributed by atoms with Crippen LogP contribution in [0, 0.1) is 0 Å². The van der Waals surface area contributed by atoms with Crippen molar-refractivity contribution in [3.8, 4) is 0 Å². The second-order valence-electron chi connectivity index (χ2n) is 4.19. The molecule has 0 saturated carbocycles. The summed E-state index contributed by atoms with van der Waals surface area (Å²) in [5.74, 6) is 0. The van der Waals surface area contributed by atoms with E-state index in [1.165, 1.54) is 0 Å². The molecule has 0 amide bonds. The Morgan fingerprint density at radius 1 is 1.00 bits per heavy atom. The Bertz CT molecular complexity index is 486. The largest absolute Gasteiger partial charge is 0.416 e. The maximum Gasteiger partial charge on any atom is 0.416 e. The summed E-state index contributed by atoms with van der Waals surface area (Å²) in [6, 6.07) is 1.50. The number of benzene rings is 1. The Kier molecular flexibility index (Phi) is 5.72. The number of nitrogens with zero attached hydrogens (tertiary/aromatic N) is 1. The molecule has 0 unspecified atom stereocenters. The molecular formula is C13H13F6NS. The third-order valence-electron chi connectivity index (χ3n) is 2.51. The molecule has 21 heavy (non-hydrogen) atoms. The number of alkyl halides is 6. The molecule has 1 rings (SSSR count). The van der Waals surface area contributed by atoms with E-state index < -0.39 is 23.5 Å². The van der Waals surface area contributed by atoms with E-state index in [-0.39, 0.29) is 16.7 Å². The molecule has 0 aliphatic carbocycles. The first kappa shape index (κ1) is 17.9. The van der Waals surface area contributed by atoms with Crippen LogP contribution in [-0.2, 0) is 12.4 Å². The quantitative estimate of drug-likeness (QED) is 0.419. The van der Waals surface area contributed by atoms with E-state index in [9.17, 15) is 26.3 Å². The number of thioether (sulfide) groups is 1. The molecule has 0 aliphatic rings. The van der Waals surface area contributed by atoms with Gasteiger partial charge in [-0.25, -0.2) is 0 Å². The topological polar surface area (TPSA) is 12.4 Å². The zero-order chi connectivity index (χ0) is 16.3. The lowest BCUT2D eigenvalue weighted by Gasteiger charge is -2.14. The molecule has 1 aromatic carbocycles. The first-order chi connectivity index (χ1) is 9.59. The second-order valence-corrected chi connectivity index (χ2v) is 4.98. The van der Waals surface area contributed by atoms with Gasteiger partial charge in [0.15, 0.2) is 0 Å². The van der Waals surface area contributed by atoms with Gasteiger partial charge in [-0.3, -0.25) is 4.99 Å². The summed E-state index contributed by atoms with van der Waals surface area (Å²) < 4.78 is 76.4. The molecule has 8 heteroatoms. The highest BCUT2D eigenvalue weighted by atomic mass is 32.2. The Morgan fingerprint density at radius 3 is 1.81 bits per heavy atom. The van der Waals surface area contributed by atoms with Crippen molar-refractivity contribution >= 4 is 16.8 Å². The van der Waals surface area contributed by atoms with Crippen LogP contribution in [-0.4, -0.2) is 17.8 Å². The highest BCUT2D eigenvalue weighted by Crippen LogP contribution is 2.36. The van der Waals surface area contributed by atoms with Crippen LogP contribution in [0.3, 0.4) is 0 Å². The Morgan fingerprint density at radius 2 is 1.48 bits per heavy atom. The minimum absolute atomic E-state index is 0.112. The van der Waals surface area contributed by atoms with Crippen molar-refractivity contribution in [1.29, 1.82) is 0 Å².